The number of aromatic nitrogens is 3. The molecule has 1 aliphatic rings. The number of aryl methyl sites for hydroxylation is 1. The number of benzene rings is 1. The second-order valence-electron chi connectivity index (χ2n) is 8.03. The van der Waals surface area contributed by atoms with Gasteiger partial charge in [-0.1, -0.05) is 18.6 Å². The molecule has 10 heteroatoms. The monoisotopic (exact) mass is 483 g/mol. The second-order valence-corrected chi connectivity index (χ2v) is 8.03. The van der Waals surface area contributed by atoms with Crippen molar-refractivity contribution in [3.63, 3.8) is 0 Å². The Hall–Kier alpha value is -3.75. The summed E-state index contributed by atoms with van der Waals surface area (Å²) in [6.07, 6.45) is 10.3. The quantitative estimate of drug-likeness (QED) is 0.495. The van der Waals surface area contributed by atoms with Crippen LogP contribution in [0.2, 0.25) is 0 Å². The number of hydrogen-bond acceptors (Lipinski definition) is 8. The first-order valence-electron chi connectivity index (χ1n) is 11.3. The van der Waals surface area contributed by atoms with Crippen LogP contribution in [0.4, 0.5) is 20.4 Å². The average molecular weight is 484 g/mol. The van der Waals surface area contributed by atoms with Crippen LogP contribution in [-0.4, -0.2) is 52.2 Å². The maximum absolute atomic E-state index is 12.3. The van der Waals surface area contributed by atoms with Gasteiger partial charge < -0.3 is 15.0 Å². The van der Waals surface area contributed by atoms with Gasteiger partial charge in [0.2, 0.25) is 5.95 Å². The van der Waals surface area contributed by atoms with Crippen LogP contribution in [0.5, 0.6) is 5.75 Å². The van der Waals surface area contributed by atoms with Crippen molar-refractivity contribution in [3.8, 4) is 16.9 Å². The molecule has 1 aliphatic heterocycles. The van der Waals surface area contributed by atoms with Gasteiger partial charge in [-0.25, -0.2) is 9.97 Å². The smallest absolute Gasteiger partial charge is 0.387 e. The number of ether oxygens (including phenoxy) is 1. The molecule has 0 aliphatic carbocycles. The molecular weight excluding hydrogens is 456 g/mol. The fourth-order valence-electron chi connectivity index (χ4n) is 3.86. The van der Waals surface area contributed by atoms with Crippen LogP contribution >= 0.6 is 0 Å². The van der Waals surface area contributed by atoms with Crippen molar-refractivity contribution in [1.82, 2.24) is 19.9 Å². The number of alkyl halides is 2. The Morgan fingerprint density at radius 1 is 1.00 bits per heavy atom. The third-order valence-corrected chi connectivity index (χ3v) is 5.66. The van der Waals surface area contributed by atoms with Crippen molar-refractivity contribution >= 4 is 17.8 Å². The molecule has 184 valence electrons. The summed E-state index contributed by atoms with van der Waals surface area (Å²) in [4.78, 5) is 32.1. The van der Waals surface area contributed by atoms with Crippen molar-refractivity contribution in [2.75, 3.05) is 25.0 Å². The van der Waals surface area contributed by atoms with Crippen molar-refractivity contribution < 1.29 is 23.1 Å². The van der Waals surface area contributed by atoms with Gasteiger partial charge in [0.05, 0.1) is 11.9 Å². The van der Waals surface area contributed by atoms with E-state index in [1.54, 1.807) is 30.7 Å². The van der Waals surface area contributed by atoms with Crippen LogP contribution in [0.25, 0.3) is 11.1 Å². The van der Waals surface area contributed by atoms with E-state index in [0.717, 1.165) is 35.5 Å². The minimum atomic E-state index is -2.84. The molecule has 0 spiro atoms. The molecule has 0 unspecified atom stereocenters. The van der Waals surface area contributed by atoms with Crippen LogP contribution in [-0.2, 0) is 16.0 Å². The summed E-state index contributed by atoms with van der Waals surface area (Å²) in [6.45, 7) is 2.63. The molecule has 0 amide bonds. The molecule has 4 rings (SSSR count). The largest absolute Gasteiger partial charge is 0.435 e. The minimum Gasteiger partial charge on any atom is -0.435 e. The molecular formula is C25H27F2N5O3. The number of likely N-dealkylation sites (tertiary alicyclic amines) is 1. The average Bonchev–Trinajstić information content (AvgIpc) is 2.86. The molecule has 1 fully saturated rings. The van der Waals surface area contributed by atoms with E-state index in [0.29, 0.717) is 5.95 Å². The summed E-state index contributed by atoms with van der Waals surface area (Å²) in [5.74, 6) is 0.588. The van der Waals surface area contributed by atoms with E-state index < -0.39 is 6.61 Å². The van der Waals surface area contributed by atoms with Gasteiger partial charge in [0, 0.05) is 30.2 Å². The summed E-state index contributed by atoms with van der Waals surface area (Å²) in [6, 6.07) is 8.50. The zero-order valence-corrected chi connectivity index (χ0v) is 19.4. The molecule has 8 nitrogen and oxygen atoms in total. The van der Waals surface area contributed by atoms with E-state index in [2.05, 4.69) is 36.0 Å². The lowest BCUT2D eigenvalue weighted by Gasteiger charge is -2.26. The first kappa shape index (κ1) is 25.9. The zero-order valence-electron chi connectivity index (χ0n) is 19.4. The van der Waals surface area contributed by atoms with Crippen LogP contribution in [0.3, 0.4) is 0 Å². The standard InChI is InChI=1S/C24H27F2N5O.CO2/c1-17-19(9-12-31-10-3-2-4-11-31)13-21(16-27-17)30-24-28-14-20(15-29-24)18-5-7-22(8-6-18)32-23(25)26;2-1-3/h5-8,13-16,23H,2-4,9-12H2,1H3,(H,28,29,30);. The number of rotatable bonds is 8. The third-order valence-electron chi connectivity index (χ3n) is 5.66. The normalized spacial score (nSPS) is 13.5. The van der Waals surface area contributed by atoms with Crippen LogP contribution in [0.15, 0.2) is 48.9 Å². The number of piperidine rings is 1. The van der Waals surface area contributed by atoms with E-state index in [4.69, 9.17) is 9.59 Å². The van der Waals surface area contributed by atoms with Crippen LogP contribution in [0.1, 0.15) is 30.5 Å². The van der Waals surface area contributed by atoms with Crippen molar-refractivity contribution in [3.05, 3.63) is 60.2 Å². The highest BCUT2D eigenvalue weighted by atomic mass is 19.3. The number of carbonyl (C=O) groups excluding carboxylic acids is 2. The number of nitrogens with zero attached hydrogens (tertiary/aromatic N) is 4. The fourth-order valence-corrected chi connectivity index (χ4v) is 3.86. The molecule has 0 saturated carbocycles. The number of pyridine rings is 1. The molecule has 1 aromatic carbocycles. The van der Waals surface area contributed by atoms with Crippen LogP contribution < -0.4 is 10.1 Å². The Bertz CT molecular complexity index is 1100. The first-order valence-corrected chi connectivity index (χ1v) is 11.3. The van der Waals surface area contributed by atoms with E-state index in [9.17, 15) is 8.78 Å². The lowest BCUT2D eigenvalue weighted by Crippen LogP contribution is -2.31. The Kier molecular flexibility index (Phi) is 9.77. The second kappa shape index (κ2) is 13.2. The van der Waals surface area contributed by atoms with Crippen molar-refractivity contribution in [2.24, 2.45) is 0 Å². The molecule has 0 radical (unpaired) electrons. The van der Waals surface area contributed by atoms with Crippen molar-refractivity contribution in [2.45, 2.75) is 39.2 Å². The third kappa shape index (κ3) is 8.20. The lowest BCUT2D eigenvalue weighted by atomic mass is 10.1. The minimum absolute atomic E-state index is 0.117. The maximum Gasteiger partial charge on any atom is 0.387 e. The topological polar surface area (TPSA) is 97.3 Å². The Labute approximate surface area is 202 Å². The summed E-state index contributed by atoms with van der Waals surface area (Å²) in [5.41, 5.74) is 4.72. The summed E-state index contributed by atoms with van der Waals surface area (Å²) in [7, 11) is 0. The van der Waals surface area contributed by atoms with Gasteiger partial charge in [-0.15, -0.1) is 0 Å². The Balaban J connectivity index is 0.00000108. The van der Waals surface area contributed by atoms with Crippen molar-refractivity contribution in [1.29, 1.82) is 0 Å². The van der Waals surface area contributed by atoms with Gasteiger partial charge in [-0.05, 0) is 68.6 Å². The molecule has 1 saturated heterocycles. The van der Waals surface area contributed by atoms with E-state index in [-0.39, 0.29) is 11.9 Å². The highest BCUT2D eigenvalue weighted by Gasteiger charge is 2.11. The predicted molar refractivity (Wildman–Crippen MR) is 125 cm³/mol. The van der Waals surface area contributed by atoms with E-state index >= 15 is 0 Å². The number of anilines is 2. The zero-order chi connectivity index (χ0) is 25.0. The molecule has 0 bridgehead atoms. The predicted octanol–water partition coefficient (Wildman–Crippen LogP) is 4.64. The van der Waals surface area contributed by atoms with Gasteiger partial charge in [-0.3, -0.25) is 4.98 Å². The van der Waals surface area contributed by atoms with E-state index in [1.165, 1.54) is 50.0 Å². The fraction of sp³-hybridized carbons (Fsp3) is 0.360. The number of halogens is 2. The summed E-state index contributed by atoms with van der Waals surface area (Å²) < 4.78 is 29.0. The molecule has 1 N–H and O–H groups in total. The molecule has 0 atom stereocenters. The Morgan fingerprint density at radius 3 is 2.29 bits per heavy atom. The molecule has 3 heterocycles. The van der Waals surface area contributed by atoms with Crippen LogP contribution in [0, 0.1) is 6.92 Å². The van der Waals surface area contributed by atoms with Gasteiger partial charge in [0.25, 0.3) is 0 Å². The SMILES string of the molecule is Cc1ncc(Nc2ncc(-c3ccc(OC(F)F)cc3)cn2)cc1CCN1CCCCC1.O=C=O. The Morgan fingerprint density at radius 2 is 1.66 bits per heavy atom. The maximum atomic E-state index is 12.3. The van der Waals surface area contributed by atoms with Gasteiger partial charge >= 0.3 is 12.8 Å². The first-order chi connectivity index (χ1) is 17.0. The number of hydrogen-bond donors (Lipinski definition) is 1. The van der Waals surface area contributed by atoms with Gasteiger partial charge in [-0.2, -0.15) is 18.4 Å². The molecule has 3 aromatic rings. The number of nitrogens with one attached hydrogen (secondary N) is 1. The molecule has 2 aromatic heterocycles. The summed E-state index contributed by atoms with van der Waals surface area (Å²) >= 11 is 0. The highest BCUT2D eigenvalue weighted by molar-refractivity contribution is 5.63. The molecule has 35 heavy (non-hydrogen) atoms. The summed E-state index contributed by atoms with van der Waals surface area (Å²) in [5, 5.41) is 3.22. The van der Waals surface area contributed by atoms with Gasteiger partial charge in [0.1, 0.15) is 5.75 Å². The highest BCUT2D eigenvalue weighted by Crippen LogP contribution is 2.23. The lowest BCUT2D eigenvalue weighted by molar-refractivity contribution is -0.191. The van der Waals surface area contributed by atoms with Gasteiger partial charge in [0.15, 0.2) is 0 Å². The van der Waals surface area contributed by atoms with E-state index in [1.807, 2.05) is 6.92 Å².